The highest BCUT2D eigenvalue weighted by Gasteiger charge is 2.12. The Hall–Kier alpha value is -3.80. The topological polar surface area (TPSA) is 87.5 Å². The normalized spacial score (nSPS) is 10.3. The van der Waals surface area contributed by atoms with E-state index in [2.05, 4.69) is 10.6 Å². The fourth-order valence-corrected chi connectivity index (χ4v) is 2.86. The van der Waals surface area contributed by atoms with Crippen LogP contribution in [-0.2, 0) is 0 Å². The second-order valence-corrected chi connectivity index (χ2v) is 6.97. The molecule has 2 amide bonds. The third-order valence-corrected chi connectivity index (χ3v) is 4.57. The number of carbonyl (C=O) groups excluding carboxylic acids is 2. The van der Waals surface area contributed by atoms with E-state index >= 15 is 0 Å². The Balaban J connectivity index is 1.78. The van der Waals surface area contributed by atoms with Crippen molar-refractivity contribution in [3.63, 3.8) is 0 Å². The molecule has 0 aromatic heterocycles. The van der Waals surface area contributed by atoms with Crippen LogP contribution in [0.5, 0.6) is 0 Å². The summed E-state index contributed by atoms with van der Waals surface area (Å²) in [5.41, 5.74) is 10.3. The smallest absolute Gasteiger partial charge is 0.257 e. The highest BCUT2D eigenvalue weighted by atomic mass is 16.2. The van der Waals surface area contributed by atoms with Gasteiger partial charge in [-0.1, -0.05) is 24.3 Å². The van der Waals surface area contributed by atoms with Crippen LogP contribution in [0.4, 0.5) is 22.7 Å². The van der Waals surface area contributed by atoms with Gasteiger partial charge in [0.05, 0.1) is 5.56 Å². The van der Waals surface area contributed by atoms with E-state index in [9.17, 15) is 9.59 Å². The van der Waals surface area contributed by atoms with Gasteiger partial charge in [0.2, 0.25) is 0 Å². The van der Waals surface area contributed by atoms with Crippen LogP contribution in [0, 0.1) is 6.92 Å². The standard InChI is InChI=1S/C23H24N4O2/c1-15-11-12-17(25-22(28)16-7-6-8-18(13-16)27(2)3)14-21(15)26-23(29)19-9-4-5-10-20(19)24/h4-14H,24H2,1-3H3,(H,25,28)(H,26,29). The number of nitrogens with zero attached hydrogens (tertiary/aromatic N) is 1. The van der Waals surface area contributed by atoms with Gasteiger partial charge >= 0.3 is 0 Å². The monoisotopic (exact) mass is 388 g/mol. The molecule has 0 aliphatic carbocycles. The Kier molecular flexibility index (Phi) is 5.83. The number of carbonyl (C=O) groups is 2. The number of para-hydroxylation sites is 1. The minimum absolute atomic E-state index is 0.220. The minimum atomic E-state index is -0.298. The molecule has 3 aromatic carbocycles. The number of aryl methyl sites for hydroxylation is 1. The summed E-state index contributed by atoms with van der Waals surface area (Å²) < 4.78 is 0. The van der Waals surface area contributed by atoms with Crippen molar-refractivity contribution in [2.45, 2.75) is 6.92 Å². The minimum Gasteiger partial charge on any atom is -0.398 e. The maximum atomic E-state index is 12.6. The zero-order valence-corrected chi connectivity index (χ0v) is 16.7. The van der Waals surface area contributed by atoms with Crippen molar-refractivity contribution >= 4 is 34.6 Å². The first-order valence-corrected chi connectivity index (χ1v) is 9.20. The number of amides is 2. The maximum absolute atomic E-state index is 12.6. The molecule has 4 N–H and O–H groups in total. The van der Waals surface area contributed by atoms with Gasteiger partial charge in [0, 0.05) is 42.4 Å². The fourth-order valence-electron chi connectivity index (χ4n) is 2.86. The van der Waals surface area contributed by atoms with E-state index in [4.69, 9.17) is 5.73 Å². The van der Waals surface area contributed by atoms with Crippen molar-refractivity contribution in [2.75, 3.05) is 35.4 Å². The van der Waals surface area contributed by atoms with E-state index in [0.717, 1.165) is 11.3 Å². The first-order valence-electron chi connectivity index (χ1n) is 9.20. The van der Waals surface area contributed by atoms with Gasteiger partial charge in [0.1, 0.15) is 0 Å². The van der Waals surface area contributed by atoms with Crippen LogP contribution in [-0.4, -0.2) is 25.9 Å². The van der Waals surface area contributed by atoms with Crippen LogP contribution in [0.2, 0.25) is 0 Å². The lowest BCUT2D eigenvalue weighted by Crippen LogP contribution is -2.16. The highest BCUT2D eigenvalue weighted by Crippen LogP contribution is 2.23. The van der Waals surface area contributed by atoms with E-state index in [0.29, 0.717) is 28.2 Å². The fraction of sp³-hybridized carbons (Fsp3) is 0.130. The Morgan fingerprint density at radius 2 is 1.62 bits per heavy atom. The summed E-state index contributed by atoms with van der Waals surface area (Å²) in [6.45, 7) is 1.89. The number of nitrogens with two attached hydrogens (primary N) is 1. The second kappa shape index (κ2) is 8.48. The highest BCUT2D eigenvalue weighted by molar-refractivity contribution is 6.09. The predicted molar refractivity (Wildman–Crippen MR) is 119 cm³/mol. The van der Waals surface area contributed by atoms with E-state index in [-0.39, 0.29) is 11.8 Å². The molecule has 29 heavy (non-hydrogen) atoms. The summed E-state index contributed by atoms with van der Waals surface area (Å²) in [6, 6.07) is 19.6. The van der Waals surface area contributed by atoms with Crippen molar-refractivity contribution < 1.29 is 9.59 Å². The van der Waals surface area contributed by atoms with Gasteiger partial charge < -0.3 is 21.3 Å². The average molecular weight is 388 g/mol. The predicted octanol–water partition coefficient (Wildman–Crippen LogP) is 4.15. The van der Waals surface area contributed by atoms with Gasteiger partial charge in [0.25, 0.3) is 11.8 Å². The summed E-state index contributed by atoms with van der Waals surface area (Å²) in [5.74, 6) is -0.518. The molecule has 3 rings (SSSR count). The van der Waals surface area contributed by atoms with Crippen molar-refractivity contribution in [1.29, 1.82) is 0 Å². The summed E-state index contributed by atoms with van der Waals surface area (Å²) in [7, 11) is 3.84. The summed E-state index contributed by atoms with van der Waals surface area (Å²) in [6.07, 6.45) is 0. The number of benzene rings is 3. The molecule has 0 atom stereocenters. The molecule has 6 nitrogen and oxygen atoms in total. The molecule has 0 fully saturated rings. The molecule has 0 saturated heterocycles. The number of hydrogen-bond donors (Lipinski definition) is 3. The quantitative estimate of drug-likeness (QED) is 0.573. The van der Waals surface area contributed by atoms with Crippen LogP contribution < -0.4 is 21.3 Å². The number of rotatable bonds is 5. The number of nitrogen functional groups attached to an aromatic ring is 1. The first-order chi connectivity index (χ1) is 13.8. The SMILES string of the molecule is Cc1ccc(NC(=O)c2cccc(N(C)C)c2)cc1NC(=O)c1ccccc1N. The van der Waals surface area contributed by atoms with Gasteiger partial charge in [-0.25, -0.2) is 0 Å². The van der Waals surface area contributed by atoms with Crippen LogP contribution in [0.1, 0.15) is 26.3 Å². The molecular formula is C23H24N4O2. The first kappa shape index (κ1) is 19.9. The lowest BCUT2D eigenvalue weighted by molar-refractivity contribution is 0.102. The number of hydrogen-bond acceptors (Lipinski definition) is 4. The average Bonchev–Trinajstić information content (AvgIpc) is 2.70. The van der Waals surface area contributed by atoms with E-state index in [1.807, 2.05) is 50.2 Å². The van der Waals surface area contributed by atoms with Crippen LogP contribution in [0.15, 0.2) is 66.7 Å². The molecule has 0 saturated carbocycles. The molecule has 0 aliphatic rings. The van der Waals surface area contributed by atoms with E-state index in [1.165, 1.54) is 0 Å². The second-order valence-electron chi connectivity index (χ2n) is 6.97. The number of anilines is 4. The Bertz CT molecular complexity index is 1060. The molecule has 148 valence electrons. The molecule has 0 bridgehead atoms. The Labute approximate surface area is 170 Å². The molecule has 0 heterocycles. The molecule has 0 aliphatic heterocycles. The zero-order chi connectivity index (χ0) is 21.0. The van der Waals surface area contributed by atoms with Gasteiger partial charge in [-0.3, -0.25) is 9.59 Å². The molecular weight excluding hydrogens is 364 g/mol. The molecule has 0 radical (unpaired) electrons. The Morgan fingerprint density at radius 1 is 0.862 bits per heavy atom. The summed E-state index contributed by atoms with van der Waals surface area (Å²) in [5, 5.41) is 5.75. The summed E-state index contributed by atoms with van der Waals surface area (Å²) in [4.78, 5) is 27.1. The van der Waals surface area contributed by atoms with Gasteiger partial charge in [-0.05, 0) is 55.0 Å². The molecule has 0 unspecified atom stereocenters. The lowest BCUT2D eigenvalue weighted by atomic mass is 10.1. The largest absolute Gasteiger partial charge is 0.398 e. The lowest BCUT2D eigenvalue weighted by Gasteiger charge is -2.14. The maximum Gasteiger partial charge on any atom is 0.257 e. The van der Waals surface area contributed by atoms with Gasteiger partial charge in [-0.2, -0.15) is 0 Å². The zero-order valence-electron chi connectivity index (χ0n) is 16.7. The Morgan fingerprint density at radius 3 is 2.34 bits per heavy atom. The molecule has 3 aromatic rings. The van der Waals surface area contributed by atoms with E-state index < -0.39 is 0 Å². The van der Waals surface area contributed by atoms with Crippen LogP contribution in [0.25, 0.3) is 0 Å². The third kappa shape index (κ3) is 4.73. The van der Waals surface area contributed by atoms with Crippen LogP contribution in [0.3, 0.4) is 0 Å². The molecule has 0 spiro atoms. The summed E-state index contributed by atoms with van der Waals surface area (Å²) >= 11 is 0. The van der Waals surface area contributed by atoms with E-state index in [1.54, 1.807) is 42.5 Å². The van der Waals surface area contributed by atoms with Gasteiger partial charge in [-0.15, -0.1) is 0 Å². The molecule has 6 heteroatoms. The van der Waals surface area contributed by atoms with Crippen molar-refractivity contribution in [2.24, 2.45) is 0 Å². The number of nitrogens with one attached hydrogen (secondary N) is 2. The van der Waals surface area contributed by atoms with Crippen molar-refractivity contribution in [3.05, 3.63) is 83.4 Å². The van der Waals surface area contributed by atoms with Crippen molar-refractivity contribution in [1.82, 2.24) is 0 Å². The third-order valence-electron chi connectivity index (χ3n) is 4.57. The van der Waals surface area contributed by atoms with Crippen molar-refractivity contribution in [3.8, 4) is 0 Å². The van der Waals surface area contributed by atoms with Gasteiger partial charge in [0.15, 0.2) is 0 Å². The van der Waals surface area contributed by atoms with Crippen LogP contribution >= 0.6 is 0 Å².